The van der Waals surface area contributed by atoms with Gasteiger partial charge in [0, 0.05) is 31.9 Å². The average molecular weight is 376 g/mol. The van der Waals surface area contributed by atoms with Crippen molar-refractivity contribution in [1.82, 2.24) is 9.34 Å². The molecule has 23 heavy (non-hydrogen) atoms. The van der Waals surface area contributed by atoms with Crippen LogP contribution in [0.15, 0.2) is 18.2 Å². The van der Waals surface area contributed by atoms with Crippen LogP contribution >= 0.6 is 30.8 Å². The summed E-state index contributed by atoms with van der Waals surface area (Å²) in [6.07, 6.45) is 6.90. The molecule has 1 aromatic carbocycles. The van der Waals surface area contributed by atoms with E-state index in [1.54, 1.807) is 12.1 Å². The van der Waals surface area contributed by atoms with Crippen molar-refractivity contribution in [3.63, 3.8) is 0 Å². The van der Waals surface area contributed by atoms with Gasteiger partial charge < -0.3 is 5.09 Å². The van der Waals surface area contributed by atoms with Gasteiger partial charge in [-0.15, -0.1) is 0 Å². The van der Waals surface area contributed by atoms with Gasteiger partial charge in [-0.25, -0.2) is 9.34 Å². The van der Waals surface area contributed by atoms with Crippen LogP contribution in [0.1, 0.15) is 38.5 Å². The molecule has 2 heterocycles. The third kappa shape index (κ3) is 4.05. The van der Waals surface area contributed by atoms with Crippen LogP contribution in [0.5, 0.6) is 0 Å². The average Bonchev–Trinajstić information content (AvgIpc) is 2.60. The number of rotatable bonds is 4. The molecule has 2 aliphatic rings. The Labute approximate surface area is 148 Å². The molecule has 1 aromatic rings. The van der Waals surface area contributed by atoms with Crippen LogP contribution < -0.4 is 5.09 Å². The molecule has 2 saturated heterocycles. The molecule has 0 aromatic heterocycles. The van der Waals surface area contributed by atoms with Crippen LogP contribution in [0.3, 0.4) is 0 Å². The van der Waals surface area contributed by atoms with Crippen molar-refractivity contribution < 1.29 is 4.57 Å². The Hall–Kier alpha value is -0.250. The van der Waals surface area contributed by atoms with Crippen molar-refractivity contribution in [2.45, 2.75) is 38.5 Å². The van der Waals surface area contributed by atoms with Crippen LogP contribution in [-0.2, 0) is 4.57 Å². The minimum atomic E-state index is -2.81. The van der Waals surface area contributed by atoms with E-state index in [-0.39, 0.29) is 0 Å². The molecule has 0 spiro atoms. The Balaban J connectivity index is 1.86. The minimum absolute atomic E-state index is 0.487. The lowest BCUT2D eigenvalue weighted by Gasteiger charge is -2.42. The van der Waals surface area contributed by atoms with Crippen LogP contribution in [0.2, 0.25) is 10.0 Å². The number of hydrogen-bond acceptors (Lipinski definition) is 1. The zero-order valence-corrected chi connectivity index (χ0v) is 15.7. The fraction of sp³-hybridized carbons (Fsp3) is 0.625. The van der Waals surface area contributed by atoms with E-state index in [1.807, 2.05) is 6.07 Å². The topological polar surface area (TPSA) is 35.6 Å². The molecule has 1 N–H and O–H groups in total. The first-order chi connectivity index (χ1) is 11.1. The van der Waals surface area contributed by atoms with E-state index in [0.29, 0.717) is 10.0 Å². The largest absolute Gasteiger partial charge is 0.312 e. The maximum Gasteiger partial charge on any atom is 0.308 e. The second-order valence-corrected chi connectivity index (χ2v) is 9.57. The number of halogens is 2. The summed E-state index contributed by atoms with van der Waals surface area (Å²) in [7, 11) is -2.81. The third-order valence-electron chi connectivity index (χ3n) is 4.63. The Morgan fingerprint density at radius 1 is 0.826 bits per heavy atom. The number of anilines is 1. The maximum atomic E-state index is 14.0. The molecule has 4 nitrogen and oxygen atoms in total. The SMILES string of the molecule is O=P(Nc1ccc(Cl)c(Cl)c1)(N1CCCCC1)N1CCCCC1. The first-order valence-corrected chi connectivity index (χ1v) is 10.8. The Kier molecular flexibility index (Phi) is 5.92. The molecule has 2 fully saturated rings. The highest BCUT2D eigenvalue weighted by Gasteiger charge is 2.38. The van der Waals surface area contributed by atoms with E-state index in [1.165, 1.54) is 12.8 Å². The summed E-state index contributed by atoms with van der Waals surface area (Å²) < 4.78 is 18.3. The lowest BCUT2D eigenvalue weighted by molar-refractivity contribution is 0.279. The maximum absolute atomic E-state index is 14.0. The molecule has 0 unspecified atom stereocenters. The minimum Gasteiger partial charge on any atom is -0.312 e. The molecule has 0 atom stereocenters. The van der Waals surface area contributed by atoms with Crippen molar-refractivity contribution in [3.05, 3.63) is 28.2 Å². The summed E-state index contributed by atoms with van der Waals surface area (Å²) in [5, 5.41) is 4.33. The first-order valence-electron chi connectivity index (χ1n) is 8.44. The molecule has 0 radical (unpaired) electrons. The van der Waals surface area contributed by atoms with Gasteiger partial charge in [-0.2, -0.15) is 0 Å². The number of nitrogens with one attached hydrogen (secondary N) is 1. The normalized spacial score (nSPS) is 21.3. The van der Waals surface area contributed by atoms with Gasteiger partial charge in [0.2, 0.25) is 0 Å². The summed E-state index contributed by atoms with van der Waals surface area (Å²) in [4.78, 5) is 0. The molecule has 2 aliphatic heterocycles. The van der Waals surface area contributed by atoms with Gasteiger partial charge in [0.1, 0.15) is 0 Å². The van der Waals surface area contributed by atoms with E-state index in [4.69, 9.17) is 23.2 Å². The second-order valence-electron chi connectivity index (χ2n) is 6.31. The lowest BCUT2D eigenvalue weighted by Crippen LogP contribution is -2.40. The number of piperidine rings is 2. The predicted molar refractivity (Wildman–Crippen MR) is 98.5 cm³/mol. The quantitative estimate of drug-likeness (QED) is 0.706. The zero-order chi connectivity index (χ0) is 16.3. The van der Waals surface area contributed by atoms with Gasteiger partial charge in [-0.05, 0) is 43.9 Å². The highest BCUT2D eigenvalue weighted by molar-refractivity contribution is 7.60. The molecule has 3 rings (SSSR count). The molecular weight excluding hydrogens is 352 g/mol. The Morgan fingerprint density at radius 2 is 1.35 bits per heavy atom. The zero-order valence-electron chi connectivity index (χ0n) is 13.3. The van der Waals surface area contributed by atoms with Crippen molar-refractivity contribution >= 4 is 36.5 Å². The Bertz CT molecular complexity index is 565. The van der Waals surface area contributed by atoms with E-state index < -0.39 is 7.59 Å². The summed E-state index contributed by atoms with van der Waals surface area (Å²) in [5.74, 6) is 0. The van der Waals surface area contributed by atoms with Crippen LogP contribution in [0, 0.1) is 0 Å². The highest BCUT2D eigenvalue weighted by Crippen LogP contribution is 2.55. The van der Waals surface area contributed by atoms with E-state index in [2.05, 4.69) is 14.4 Å². The summed E-state index contributed by atoms with van der Waals surface area (Å²) in [6.45, 7) is 3.56. The predicted octanol–water partition coefficient (Wildman–Crippen LogP) is 5.49. The van der Waals surface area contributed by atoms with Gasteiger partial charge in [-0.1, -0.05) is 36.0 Å². The van der Waals surface area contributed by atoms with Crippen molar-refractivity contribution in [2.24, 2.45) is 0 Å². The first kappa shape index (κ1) is 17.6. The van der Waals surface area contributed by atoms with Gasteiger partial charge >= 0.3 is 7.59 Å². The van der Waals surface area contributed by atoms with Crippen LogP contribution in [0.25, 0.3) is 0 Å². The molecular formula is C16H24Cl2N3OP. The lowest BCUT2D eigenvalue weighted by atomic mass is 10.2. The third-order valence-corrected chi connectivity index (χ3v) is 8.25. The fourth-order valence-corrected chi connectivity index (χ4v) is 6.41. The number of benzene rings is 1. The summed E-state index contributed by atoms with van der Waals surface area (Å²) in [5.41, 5.74) is 0.777. The Morgan fingerprint density at radius 3 is 1.83 bits per heavy atom. The highest BCUT2D eigenvalue weighted by atomic mass is 35.5. The van der Waals surface area contributed by atoms with E-state index in [0.717, 1.165) is 57.5 Å². The van der Waals surface area contributed by atoms with Gasteiger partial charge in [0.25, 0.3) is 0 Å². The van der Waals surface area contributed by atoms with Crippen molar-refractivity contribution in [1.29, 1.82) is 0 Å². The molecule has 0 bridgehead atoms. The van der Waals surface area contributed by atoms with Crippen molar-refractivity contribution in [3.8, 4) is 0 Å². The summed E-state index contributed by atoms with van der Waals surface area (Å²) in [6, 6.07) is 5.38. The number of nitrogens with zero attached hydrogens (tertiary/aromatic N) is 2. The van der Waals surface area contributed by atoms with Crippen LogP contribution in [0.4, 0.5) is 5.69 Å². The van der Waals surface area contributed by atoms with E-state index >= 15 is 0 Å². The van der Waals surface area contributed by atoms with Gasteiger partial charge in [0.05, 0.1) is 10.0 Å². The molecule has 0 saturated carbocycles. The molecule has 0 amide bonds. The van der Waals surface area contributed by atoms with Crippen LogP contribution in [-0.4, -0.2) is 35.5 Å². The molecule has 0 aliphatic carbocycles. The number of hydrogen-bond donors (Lipinski definition) is 1. The van der Waals surface area contributed by atoms with Gasteiger partial charge in [0.15, 0.2) is 0 Å². The van der Waals surface area contributed by atoms with E-state index in [9.17, 15) is 4.57 Å². The summed E-state index contributed by atoms with van der Waals surface area (Å²) >= 11 is 12.1. The molecule has 128 valence electrons. The molecule has 7 heteroatoms. The second kappa shape index (κ2) is 7.76. The standard InChI is InChI=1S/C16H24Cl2N3OP/c17-15-8-7-14(13-16(15)18)19-23(22,20-9-3-1-4-10-20)21-11-5-2-6-12-21/h7-8,13H,1-6,9-12H2,(H,19,22). The van der Waals surface area contributed by atoms with Gasteiger partial charge in [-0.3, -0.25) is 4.57 Å². The smallest absolute Gasteiger partial charge is 0.308 e. The van der Waals surface area contributed by atoms with Crippen molar-refractivity contribution in [2.75, 3.05) is 31.3 Å². The fourth-order valence-electron chi connectivity index (χ4n) is 3.35. The monoisotopic (exact) mass is 375 g/mol.